The van der Waals surface area contributed by atoms with E-state index in [0.29, 0.717) is 24.5 Å². The second-order valence-electron chi connectivity index (χ2n) is 10.5. The minimum Gasteiger partial charge on any atom is -0.397 e. The number of benzene rings is 2. The molecule has 0 aliphatic carbocycles. The van der Waals surface area contributed by atoms with Crippen molar-refractivity contribution < 1.29 is 14.5 Å². The quantitative estimate of drug-likeness (QED) is 0.140. The summed E-state index contributed by atoms with van der Waals surface area (Å²) in [6.45, 7) is 2.99. The highest BCUT2D eigenvalue weighted by molar-refractivity contribution is 5.94. The first-order valence-corrected chi connectivity index (χ1v) is 14.5. The van der Waals surface area contributed by atoms with Gasteiger partial charge in [0.1, 0.15) is 5.69 Å². The number of carbonyl (C=O) groups is 2. The lowest BCUT2D eigenvalue weighted by molar-refractivity contribution is -0.383. The molecule has 4 N–H and O–H groups in total. The van der Waals surface area contributed by atoms with E-state index in [1.807, 2.05) is 41.3 Å². The van der Waals surface area contributed by atoms with Gasteiger partial charge in [0.2, 0.25) is 0 Å². The first-order valence-electron chi connectivity index (χ1n) is 14.5. The number of rotatable bonds is 5. The number of nitrogens with two attached hydrogens (primary N) is 1. The second kappa shape index (κ2) is 14.1. The number of anilines is 3. The summed E-state index contributed by atoms with van der Waals surface area (Å²) in [7, 11) is 0. The lowest BCUT2D eigenvalue weighted by Gasteiger charge is -2.17. The molecule has 2 fully saturated rings. The molecule has 226 valence electrons. The minimum atomic E-state index is -0.493. The lowest BCUT2D eigenvalue weighted by atomic mass is 10.1. The normalized spacial score (nSPS) is 14.0. The van der Waals surface area contributed by atoms with E-state index >= 15 is 0 Å². The summed E-state index contributed by atoms with van der Waals surface area (Å²) in [5.41, 5.74) is 10.8. The summed E-state index contributed by atoms with van der Waals surface area (Å²) in [6, 6.07) is 17.4. The van der Waals surface area contributed by atoms with Crippen LogP contribution in [0.4, 0.5) is 32.3 Å². The first kappa shape index (κ1) is 30.0. The monoisotopic (exact) mass is 594 g/mol. The van der Waals surface area contributed by atoms with Gasteiger partial charge in [0.05, 0.1) is 16.3 Å². The summed E-state index contributed by atoms with van der Waals surface area (Å²) in [5.74, 6) is 0. The molecule has 2 aliphatic heterocycles. The number of pyridine rings is 2. The van der Waals surface area contributed by atoms with Gasteiger partial charge in [-0.2, -0.15) is 0 Å². The number of hydrogen-bond donors (Lipinski definition) is 3. The number of nitro benzene ring substituents is 1. The van der Waals surface area contributed by atoms with Gasteiger partial charge in [0.15, 0.2) is 0 Å². The number of nitro groups is 1. The lowest BCUT2D eigenvalue weighted by Crippen LogP contribution is -2.32. The molecule has 0 bridgehead atoms. The van der Waals surface area contributed by atoms with Crippen LogP contribution in [0.1, 0.15) is 25.7 Å². The van der Waals surface area contributed by atoms with Crippen molar-refractivity contribution in [3.8, 4) is 22.3 Å². The molecular weight excluding hydrogens is 560 g/mol. The van der Waals surface area contributed by atoms with Crippen LogP contribution in [-0.2, 0) is 0 Å². The predicted molar refractivity (Wildman–Crippen MR) is 170 cm³/mol. The first-order chi connectivity index (χ1) is 21.4. The summed E-state index contributed by atoms with van der Waals surface area (Å²) >= 11 is 0. The van der Waals surface area contributed by atoms with Crippen LogP contribution in [0.25, 0.3) is 22.3 Å². The van der Waals surface area contributed by atoms with E-state index in [2.05, 4.69) is 20.6 Å². The van der Waals surface area contributed by atoms with Crippen molar-refractivity contribution >= 4 is 34.8 Å². The molecule has 4 amide bonds. The number of nitrogens with zero attached hydrogens (tertiary/aromatic N) is 5. The third kappa shape index (κ3) is 7.46. The van der Waals surface area contributed by atoms with Crippen LogP contribution in [0.3, 0.4) is 0 Å². The summed E-state index contributed by atoms with van der Waals surface area (Å²) in [5, 5.41) is 16.8. The minimum absolute atomic E-state index is 0.0810. The Morgan fingerprint density at radius 1 is 0.705 bits per heavy atom. The van der Waals surface area contributed by atoms with E-state index in [0.717, 1.165) is 61.0 Å². The molecule has 4 aromatic rings. The summed E-state index contributed by atoms with van der Waals surface area (Å²) in [4.78, 5) is 46.7. The van der Waals surface area contributed by atoms with Crippen molar-refractivity contribution in [2.45, 2.75) is 25.7 Å². The van der Waals surface area contributed by atoms with E-state index in [1.54, 1.807) is 47.9 Å². The van der Waals surface area contributed by atoms with Crippen molar-refractivity contribution in [3.63, 3.8) is 0 Å². The van der Waals surface area contributed by atoms with Gasteiger partial charge in [0, 0.05) is 68.2 Å². The Labute approximate surface area is 255 Å². The van der Waals surface area contributed by atoms with Gasteiger partial charge >= 0.3 is 12.1 Å². The predicted octanol–water partition coefficient (Wildman–Crippen LogP) is 6.24. The molecule has 4 heterocycles. The van der Waals surface area contributed by atoms with Gasteiger partial charge in [-0.3, -0.25) is 20.1 Å². The fourth-order valence-corrected chi connectivity index (χ4v) is 5.12. The number of amides is 4. The van der Waals surface area contributed by atoms with Crippen LogP contribution < -0.4 is 16.4 Å². The second-order valence-corrected chi connectivity index (χ2v) is 10.5. The Kier molecular flexibility index (Phi) is 9.60. The molecule has 0 unspecified atom stereocenters. The smallest absolute Gasteiger partial charge is 0.322 e. The number of urea groups is 2. The van der Waals surface area contributed by atoms with E-state index in [4.69, 9.17) is 5.73 Å². The number of likely N-dealkylation sites (tertiary alicyclic amines) is 2. The fourth-order valence-electron chi connectivity index (χ4n) is 5.12. The van der Waals surface area contributed by atoms with E-state index in [-0.39, 0.29) is 23.4 Å². The molecule has 0 spiro atoms. The molecule has 0 saturated carbocycles. The number of nitrogens with one attached hydrogen (secondary N) is 2. The average molecular weight is 595 g/mol. The fraction of sp³-hybridized carbons (Fsp3) is 0.250. The SMILES string of the molecule is Nc1ccc(-c2cccnc2)cc1NC(=O)N1CCCC1.O=C(Nc1cc(-c2cccnc2)ccc1[N+](=O)[O-])N1CCCC1. The molecule has 2 saturated heterocycles. The molecule has 12 nitrogen and oxygen atoms in total. The van der Waals surface area contributed by atoms with Crippen LogP contribution >= 0.6 is 0 Å². The molecule has 2 aromatic carbocycles. The van der Waals surface area contributed by atoms with Crippen LogP contribution in [0, 0.1) is 10.1 Å². The third-order valence-electron chi connectivity index (χ3n) is 7.51. The third-order valence-corrected chi connectivity index (χ3v) is 7.51. The molecule has 44 heavy (non-hydrogen) atoms. The number of nitrogen functional groups attached to an aromatic ring is 1. The largest absolute Gasteiger partial charge is 0.397 e. The molecule has 2 aromatic heterocycles. The molecule has 0 radical (unpaired) electrons. The van der Waals surface area contributed by atoms with Crippen molar-refractivity contribution in [2.24, 2.45) is 0 Å². The van der Waals surface area contributed by atoms with Crippen molar-refractivity contribution in [1.82, 2.24) is 19.8 Å². The number of aromatic nitrogens is 2. The molecular formula is C32H34N8O4. The molecule has 6 rings (SSSR count). The maximum atomic E-state index is 12.2. The van der Waals surface area contributed by atoms with E-state index in [1.165, 1.54) is 6.07 Å². The van der Waals surface area contributed by atoms with Crippen LogP contribution in [0.15, 0.2) is 85.5 Å². The van der Waals surface area contributed by atoms with Gasteiger partial charge in [-0.15, -0.1) is 0 Å². The van der Waals surface area contributed by atoms with Crippen LogP contribution in [0.2, 0.25) is 0 Å². The Hall–Kier alpha value is -5.52. The van der Waals surface area contributed by atoms with Crippen molar-refractivity contribution in [1.29, 1.82) is 0 Å². The maximum Gasteiger partial charge on any atom is 0.322 e. The highest BCUT2D eigenvalue weighted by Gasteiger charge is 2.22. The summed E-state index contributed by atoms with van der Waals surface area (Å²) in [6.07, 6.45) is 10.9. The van der Waals surface area contributed by atoms with Gasteiger partial charge in [-0.25, -0.2) is 9.59 Å². The van der Waals surface area contributed by atoms with Crippen LogP contribution in [-0.4, -0.2) is 62.9 Å². The Morgan fingerprint density at radius 3 is 1.66 bits per heavy atom. The average Bonchev–Trinajstić information content (AvgIpc) is 3.79. The van der Waals surface area contributed by atoms with Crippen LogP contribution in [0.5, 0.6) is 0 Å². The van der Waals surface area contributed by atoms with Gasteiger partial charge in [0.25, 0.3) is 5.69 Å². The zero-order chi connectivity index (χ0) is 30.9. The number of carbonyl (C=O) groups excluding carboxylic acids is 2. The Balaban J connectivity index is 0.000000175. The maximum absolute atomic E-state index is 12.2. The van der Waals surface area contributed by atoms with Gasteiger partial charge < -0.3 is 26.2 Å². The summed E-state index contributed by atoms with van der Waals surface area (Å²) < 4.78 is 0. The van der Waals surface area contributed by atoms with Gasteiger partial charge in [-0.05, 0) is 73.2 Å². The molecule has 0 atom stereocenters. The highest BCUT2D eigenvalue weighted by atomic mass is 16.6. The van der Waals surface area contributed by atoms with Crippen molar-refractivity contribution in [2.75, 3.05) is 42.5 Å². The molecule has 2 aliphatic rings. The zero-order valence-corrected chi connectivity index (χ0v) is 24.2. The topological polar surface area (TPSA) is 160 Å². The Bertz CT molecular complexity index is 1610. The Morgan fingerprint density at radius 2 is 1.18 bits per heavy atom. The standard InChI is InChI=1S/C16H16N4O3.C16H18N4O/c21-16(19-8-1-2-9-19)18-14-10-12(5-6-15(14)20(22)23)13-4-3-7-17-11-13;17-14-6-5-12(13-4-3-7-18-11-13)10-15(14)19-16(21)20-8-1-2-9-20/h3-7,10-11H,1-2,8-9H2,(H,18,21);3-7,10-11H,1-2,8-9,17H2,(H,19,21). The zero-order valence-electron chi connectivity index (χ0n) is 24.2. The van der Waals surface area contributed by atoms with Crippen molar-refractivity contribution in [3.05, 3.63) is 95.6 Å². The van der Waals surface area contributed by atoms with E-state index < -0.39 is 4.92 Å². The highest BCUT2D eigenvalue weighted by Crippen LogP contribution is 2.31. The van der Waals surface area contributed by atoms with Gasteiger partial charge in [-0.1, -0.05) is 18.2 Å². The number of hydrogen-bond acceptors (Lipinski definition) is 7. The van der Waals surface area contributed by atoms with E-state index in [9.17, 15) is 19.7 Å². The molecule has 12 heteroatoms.